The van der Waals surface area contributed by atoms with Crippen LogP contribution in [0.1, 0.15) is 20.3 Å². The van der Waals surface area contributed by atoms with E-state index in [0.29, 0.717) is 66.3 Å². The van der Waals surface area contributed by atoms with Crippen molar-refractivity contribution in [1.29, 1.82) is 0 Å². The molecule has 170 valence electrons. The number of alkyl carbamates (subject to hydrolysis) is 1. The van der Waals surface area contributed by atoms with E-state index in [0.717, 1.165) is 12.0 Å². The molecule has 0 radical (unpaired) electrons. The van der Waals surface area contributed by atoms with Gasteiger partial charge in [-0.3, -0.25) is 4.79 Å². The number of carbonyl (C=O) groups excluding carboxylic acids is 2. The number of rotatable bonds is 18. The second-order valence-corrected chi connectivity index (χ2v) is 6.07. The second kappa shape index (κ2) is 18.8. The number of nitrogens with one attached hydrogen (secondary N) is 2. The van der Waals surface area contributed by atoms with Gasteiger partial charge in [0.2, 0.25) is 5.91 Å². The molecule has 1 aromatic carbocycles. The van der Waals surface area contributed by atoms with Gasteiger partial charge in [0.15, 0.2) is 0 Å². The fourth-order valence-corrected chi connectivity index (χ4v) is 2.12. The zero-order chi connectivity index (χ0) is 22.4. The Kier molecular flexibility index (Phi) is 15.1. The summed E-state index contributed by atoms with van der Waals surface area (Å²) in [7, 11) is 0. The van der Waals surface area contributed by atoms with Gasteiger partial charge < -0.3 is 34.3 Å². The standard InChI is InChI=1S/C21H34N2O7/c1-2-9-26-11-13-28-15-16-29-14-12-27-10-8-22-20(24)17-23-21(25)30-18-19-6-4-3-5-7-19/h3-7H,2,8-18H2,1H3,(H,22,24)(H,23,25)/i1D. The van der Waals surface area contributed by atoms with Gasteiger partial charge in [0, 0.05) is 14.5 Å². The predicted octanol–water partition coefficient (Wildman–Crippen LogP) is 1.51. The third-order valence-corrected chi connectivity index (χ3v) is 3.58. The molecule has 0 aromatic heterocycles. The van der Waals surface area contributed by atoms with Gasteiger partial charge in [0.25, 0.3) is 0 Å². The van der Waals surface area contributed by atoms with Crippen molar-refractivity contribution in [2.24, 2.45) is 0 Å². The maximum atomic E-state index is 11.7. The summed E-state index contributed by atoms with van der Waals surface area (Å²) in [6, 6.07) is 9.29. The molecule has 0 saturated heterocycles. The lowest BCUT2D eigenvalue weighted by Crippen LogP contribution is -2.38. The third kappa shape index (κ3) is 15.7. The van der Waals surface area contributed by atoms with Crippen LogP contribution < -0.4 is 10.6 Å². The molecular weight excluding hydrogens is 392 g/mol. The lowest BCUT2D eigenvalue weighted by Gasteiger charge is -2.09. The van der Waals surface area contributed by atoms with Crippen LogP contribution in [0.5, 0.6) is 0 Å². The van der Waals surface area contributed by atoms with Crippen LogP contribution >= 0.6 is 0 Å². The van der Waals surface area contributed by atoms with Crippen LogP contribution in [0, 0.1) is 0 Å². The minimum Gasteiger partial charge on any atom is -0.445 e. The molecule has 0 heterocycles. The van der Waals surface area contributed by atoms with Crippen molar-refractivity contribution in [1.82, 2.24) is 10.6 Å². The summed E-state index contributed by atoms with van der Waals surface area (Å²) < 4.78 is 33.3. The Morgan fingerprint density at radius 1 is 0.833 bits per heavy atom. The first-order valence-corrected chi connectivity index (χ1v) is 10.0. The minimum absolute atomic E-state index is 0.151. The van der Waals surface area contributed by atoms with Crippen molar-refractivity contribution < 1.29 is 34.6 Å². The molecule has 30 heavy (non-hydrogen) atoms. The Labute approximate surface area is 179 Å². The summed E-state index contributed by atoms with van der Waals surface area (Å²) in [5.41, 5.74) is 0.873. The molecule has 0 aliphatic carbocycles. The molecule has 0 aliphatic rings. The van der Waals surface area contributed by atoms with E-state index in [4.69, 9.17) is 25.1 Å². The van der Waals surface area contributed by atoms with Crippen molar-refractivity contribution in [3.63, 3.8) is 0 Å². The van der Waals surface area contributed by atoms with Crippen LogP contribution in [0.4, 0.5) is 4.79 Å². The van der Waals surface area contributed by atoms with Crippen molar-refractivity contribution >= 4 is 12.0 Å². The number of carbonyl (C=O) groups is 2. The van der Waals surface area contributed by atoms with E-state index in [9.17, 15) is 9.59 Å². The van der Waals surface area contributed by atoms with Crippen LogP contribution in [0.15, 0.2) is 30.3 Å². The van der Waals surface area contributed by atoms with Gasteiger partial charge >= 0.3 is 6.09 Å². The molecule has 0 aliphatic heterocycles. The Hall–Kier alpha value is -2.20. The molecule has 1 rings (SSSR count). The Morgan fingerprint density at radius 2 is 1.43 bits per heavy atom. The molecule has 1 aromatic rings. The van der Waals surface area contributed by atoms with Crippen LogP contribution in [0.25, 0.3) is 0 Å². The first-order chi connectivity index (χ1) is 15.2. The molecule has 0 bridgehead atoms. The summed E-state index contributed by atoms with van der Waals surface area (Å²) in [5, 5.41) is 5.03. The predicted molar refractivity (Wildman–Crippen MR) is 111 cm³/mol. The highest BCUT2D eigenvalue weighted by molar-refractivity contribution is 5.82. The van der Waals surface area contributed by atoms with Gasteiger partial charge in [-0.2, -0.15) is 0 Å². The fraction of sp³-hybridized carbons (Fsp3) is 0.619. The van der Waals surface area contributed by atoms with E-state index in [1.165, 1.54) is 0 Å². The highest BCUT2D eigenvalue weighted by Crippen LogP contribution is 2.00. The van der Waals surface area contributed by atoms with Gasteiger partial charge in [-0.15, -0.1) is 0 Å². The summed E-state index contributed by atoms with van der Waals surface area (Å²) in [6.07, 6.45) is 0.0982. The number of amides is 2. The van der Waals surface area contributed by atoms with E-state index in [2.05, 4.69) is 10.6 Å². The Balaban J connectivity index is 1.81. The largest absolute Gasteiger partial charge is 0.445 e. The fourth-order valence-electron chi connectivity index (χ4n) is 2.12. The highest BCUT2D eigenvalue weighted by atomic mass is 16.6. The lowest BCUT2D eigenvalue weighted by atomic mass is 10.2. The van der Waals surface area contributed by atoms with Crippen LogP contribution in [-0.4, -0.2) is 77.9 Å². The molecule has 0 fully saturated rings. The van der Waals surface area contributed by atoms with Gasteiger partial charge in [0.05, 0.1) is 52.8 Å². The number of hydrogen-bond donors (Lipinski definition) is 2. The van der Waals surface area contributed by atoms with Crippen molar-refractivity contribution in [2.45, 2.75) is 19.9 Å². The Morgan fingerprint density at radius 3 is 2.07 bits per heavy atom. The van der Waals surface area contributed by atoms with Crippen LogP contribution in [0.2, 0.25) is 0 Å². The average Bonchev–Trinajstić information content (AvgIpc) is 2.79. The number of benzene rings is 1. The maximum absolute atomic E-state index is 11.7. The van der Waals surface area contributed by atoms with E-state index in [1.54, 1.807) is 0 Å². The SMILES string of the molecule is [2H]CCCOCCOCCOCCOCCNC(=O)CNC(=O)OCc1ccccc1. The zero-order valence-electron chi connectivity index (χ0n) is 18.4. The topological polar surface area (TPSA) is 104 Å². The average molecular weight is 428 g/mol. The van der Waals surface area contributed by atoms with Gasteiger partial charge in [-0.05, 0) is 12.0 Å². The molecule has 9 nitrogen and oxygen atoms in total. The van der Waals surface area contributed by atoms with Gasteiger partial charge in [-0.25, -0.2) is 4.79 Å². The molecular formula is C21H34N2O7. The highest BCUT2D eigenvalue weighted by Gasteiger charge is 2.06. The molecule has 2 N–H and O–H groups in total. The first kappa shape index (κ1) is 24.1. The second-order valence-electron chi connectivity index (χ2n) is 6.07. The zero-order valence-corrected chi connectivity index (χ0v) is 17.4. The van der Waals surface area contributed by atoms with Gasteiger partial charge in [-0.1, -0.05) is 37.2 Å². The van der Waals surface area contributed by atoms with Gasteiger partial charge in [0.1, 0.15) is 6.61 Å². The lowest BCUT2D eigenvalue weighted by molar-refractivity contribution is -0.120. The molecule has 0 saturated carbocycles. The van der Waals surface area contributed by atoms with Crippen molar-refractivity contribution in [2.75, 3.05) is 65.9 Å². The number of ether oxygens (including phenoxy) is 5. The molecule has 2 amide bonds. The summed E-state index contributed by atoms with van der Waals surface area (Å²) in [4.78, 5) is 23.2. The molecule has 0 spiro atoms. The summed E-state index contributed by atoms with van der Waals surface area (Å²) in [6.45, 7) is 4.49. The van der Waals surface area contributed by atoms with Crippen LogP contribution in [0.3, 0.4) is 0 Å². The molecule has 0 unspecified atom stereocenters. The molecule has 0 atom stereocenters. The van der Waals surface area contributed by atoms with Crippen molar-refractivity contribution in [3.8, 4) is 0 Å². The summed E-state index contributed by atoms with van der Waals surface area (Å²) in [5.74, 6) is -0.322. The summed E-state index contributed by atoms with van der Waals surface area (Å²) >= 11 is 0. The van der Waals surface area contributed by atoms with Crippen LogP contribution in [-0.2, 0) is 35.1 Å². The van der Waals surface area contributed by atoms with E-state index in [-0.39, 0.29) is 19.1 Å². The maximum Gasteiger partial charge on any atom is 0.407 e. The van der Waals surface area contributed by atoms with E-state index >= 15 is 0 Å². The normalized spacial score (nSPS) is 11.0. The quantitative estimate of drug-likeness (QED) is 0.342. The monoisotopic (exact) mass is 427 g/mol. The first-order valence-electron chi connectivity index (χ1n) is 10.7. The van der Waals surface area contributed by atoms with E-state index < -0.39 is 6.09 Å². The smallest absolute Gasteiger partial charge is 0.407 e. The van der Waals surface area contributed by atoms with E-state index in [1.807, 2.05) is 30.3 Å². The van der Waals surface area contributed by atoms with Crippen molar-refractivity contribution in [3.05, 3.63) is 35.9 Å². The molecule has 9 heteroatoms. The minimum atomic E-state index is -0.645. The third-order valence-electron chi connectivity index (χ3n) is 3.58. The number of hydrogen-bond acceptors (Lipinski definition) is 7. The Bertz CT molecular complexity index is 578.